The quantitative estimate of drug-likeness (QED) is 0.566. The van der Waals surface area contributed by atoms with Gasteiger partial charge in [0.05, 0.1) is 24.2 Å². The fourth-order valence-corrected chi connectivity index (χ4v) is 6.55. The number of amides is 1. The van der Waals surface area contributed by atoms with Gasteiger partial charge in [-0.15, -0.1) is 0 Å². The SMILES string of the molecule is COc1ccc(S(=O)(=O)N2CCCC2COCC(=O)N2CCC(O)(Cc3ccccc3)CC2)cc1. The van der Waals surface area contributed by atoms with Gasteiger partial charge in [0.25, 0.3) is 0 Å². The molecule has 4 rings (SSSR count). The molecular formula is C26H34N2O6S. The average molecular weight is 503 g/mol. The van der Waals surface area contributed by atoms with E-state index in [4.69, 9.17) is 9.47 Å². The summed E-state index contributed by atoms with van der Waals surface area (Å²) in [6, 6.07) is 15.9. The Morgan fingerprint density at radius 1 is 1.06 bits per heavy atom. The predicted molar refractivity (Wildman–Crippen MR) is 132 cm³/mol. The molecule has 0 radical (unpaired) electrons. The lowest BCUT2D eigenvalue weighted by Crippen LogP contribution is -2.48. The zero-order chi connectivity index (χ0) is 24.9. The lowest BCUT2D eigenvalue weighted by atomic mass is 9.85. The minimum Gasteiger partial charge on any atom is -0.497 e. The van der Waals surface area contributed by atoms with Crippen molar-refractivity contribution in [3.63, 3.8) is 0 Å². The van der Waals surface area contributed by atoms with Crippen LogP contribution >= 0.6 is 0 Å². The highest BCUT2D eigenvalue weighted by Gasteiger charge is 2.36. The summed E-state index contributed by atoms with van der Waals surface area (Å²) in [6.07, 6.45) is 3.06. The van der Waals surface area contributed by atoms with Gasteiger partial charge < -0.3 is 19.5 Å². The fourth-order valence-electron chi connectivity index (χ4n) is 4.87. The number of aliphatic hydroxyl groups is 1. The monoisotopic (exact) mass is 502 g/mol. The number of rotatable bonds is 9. The fraction of sp³-hybridized carbons (Fsp3) is 0.500. The number of methoxy groups -OCH3 is 1. The molecule has 2 aromatic carbocycles. The van der Waals surface area contributed by atoms with E-state index in [-0.39, 0.29) is 30.1 Å². The molecule has 9 heteroatoms. The van der Waals surface area contributed by atoms with Crippen LogP contribution < -0.4 is 4.74 Å². The molecule has 190 valence electrons. The maximum atomic E-state index is 13.1. The van der Waals surface area contributed by atoms with Gasteiger partial charge in [0.1, 0.15) is 12.4 Å². The van der Waals surface area contributed by atoms with Crippen LogP contribution in [0.3, 0.4) is 0 Å². The molecule has 0 saturated carbocycles. The van der Waals surface area contributed by atoms with Crippen LogP contribution in [0.15, 0.2) is 59.5 Å². The Morgan fingerprint density at radius 3 is 2.40 bits per heavy atom. The van der Waals surface area contributed by atoms with Crippen molar-refractivity contribution in [3.05, 3.63) is 60.2 Å². The maximum absolute atomic E-state index is 13.1. The summed E-state index contributed by atoms with van der Waals surface area (Å²) < 4.78 is 38.5. The Bertz CT molecular complexity index is 1080. The molecule has 35 heavy (non-hydrogen) atoms. The molecule has 0 bridgehead atoms. The van der Waals surface area contributed by atoms with E-state index in [2.05, 4.69) is 0 Å². The van der Waals surface area contributed by atoms with Crippen LogP contribution in [0.25, 0.3) is 0 Å². The van der Waals surface area contributed by atoms with Gasteiger partial charge in [0, 0.05) is 32.1 Å². The Kier molecular flexibility index (Phi) is 8.11. The molecule has 2 aliphatic heterocycles. The number of benzene rings is 2. The van der Waals surface area contributed by atoms with Crippen LogP contribution in [0.2, 0.25) is 0 Å². The first-order valence-electron chi connectivity index (χ1n) is 12.1. The lowest BCUT2D eigenvalue weighted by Gasteiger charge is -2.38. The van der Waals surface area contributed by atoms with E-state index in [0.717, 1.165) is 12.0 Å². The number of carbonyl (C=O) groups is 1. The van der Waals surface area contributed by atoms with Crippen molar-refractivity contribution in [2.45, 2.75) is 48.6 Å². The number of likely N-dealkylation sites (tertiary alicyclic amines) is 1. The average Bonchev–Trinajstić information content (AvgIpc) is 3.34. The topological polar surface area (TPSA) is 96.4 Å². The highest BCUT2D eigenvalue weighted by Crippen LogP contribution is 2.28. The van der Waals surface area contributed by atoms with Gasteiger partial charge in [-0.2, -0.15) is 4.31 Å². The molecule has 0 aliphatic carbocycles. The van der Waals surface area contributed by atoms with Crippen LogP contribution in [0.5, 0.6) is 5.75 Å². The van der Waals surface area contributed by atoms with Gasteiger partial charge in [-0.25, -0.2) is 8.42 Å². The first-order valence-corrected chi connectivity index (χ1v) is 13.5. The molecule has 0 aromatic heterocycles. The third kappa shape index (κ3) is 6.22. The summed E-state index contributed by atoms with van der Waals surface area (Å²) in [6.45, 7) is 1.47. The molecule has 1 atom stereocenters. The highest BCUT2D eigenvalue weighted by molar-refractivity contribution is 7.89. The van der Waals surface area contributed by atoms with Crippen molar-refractivity contribution in [3.8, 4) is 5.75 Å². The van der Waals surface area contributed by atoms with Crippen LogP contribution in [-0.2, 0) is 26.0 Å². The molecule has 2 aliphatic rings. The Labute approximate surface area is 207 Å². The predicted octanol–water partition coefficient (Wildman–Crippen LogP) is 2.46. The van der Waals surface area contributed by atoms with Crippen LogP contribution in [-0.4, -0.2) is 80.2 Å². The second-order valence-electron chi connectivity index (χ2n) is 9.37. The van der Waals surface area contributed by atoms with Crippen LogP contribution in [0.4, 0.5) is 0 Å². The third-order valence-corrected chi connectivity index (χ3v) is 8.91. The largest absolute Gasteiger partial charge is 0.497 e. The summed E-state index contributed by atoms with van der Waals surface area (Å²) in [5.74, 6) is 0.467. The van der Waals surface area contributed by atoms with E-state index >= 15 is 0 Å². The first kappa shape index (κ1) is 25.6. The smallest absolute Gasteiger partial charge is 0.248 e. The minimum absolute atomic E-state index is 0.0932. The summed E-state index contributed by atoms with van der Waals surface area (Å²) in [7, 11) is -2.11. The molecular weight excluding hydrogens is 468 g/mol. The van der Waals surface area contributed by atoms with E-state index in [1.54, 1.807) is 29.2 Å². The third-order valence-electron chi connectivity index (χ3n) is 6.95. The van der Waals surface area contributed by atoms with Gasteiger partial charge in [0.15, 0.2) is 0 Å². The second-order valence-corrected chi connectivity index (χ2v) is 11.3. The highest BCUT2D eigenvalue weighted by atomic mass is 32.2. The molecule has 2 fully saturated rings. The number of ether oxygens (including phenoxy) is 2. The Morgan fingerprint density at radius 2 is 1.74 bits per heavy atom. The molecule has 0 spiro atoms. The summed E-state index contributed by atoms with van der Waals surface area (Å²) >= 11 is 0. The van der Waals surface area contributed by atoms with Gasteiger partial charge >= 0.3 is 0 Å². The van der Waals surface area contributed by atoms with Crippen molar-refractivity contribution in [1.82, 2.24) is 9.21 Å². The Balaban J connectivity index is 1.25. The molecule has 2 saturated heterocycles. The van der Waals surface area contributed by atoms with Gasteiger partial charge in [-0.1, -0.05) is 30.3 Å². The number of hydrogen-bond donors (Lipinski definition) is 1. The van der Waals surface area contributed by atoms with Crippen molar-refractivity contribution in [1.29, 1.82) is 0 Å². The molecule has 8 nitrogen and oxygen atoms in total. The number of nitrogens with zero attached hydrogens (tertiary/aromatic N) is 2. The molecule has 2 aromatic rings. The number of hydrogen-bond acceptors (Lipinski definition) is 6. The van der Waals surface area contributed by atoms with Crippen molar-refractivity contribution in [2.75, 3.05) is 40.0 Å². The summed E-state index contributed by atoms with van der Waals surface area (Å²) in [5, 5.41) is 10.9. The molecule has 2 heterocycles. The molecule has 1 unspecified atom stereocenters. The van der Waals surface area contributed by atoms with Gasteiger partial charge in [-0.05, 0) is 55.5 Å². The summed E-state index contributed by atoms with van der Waals surface area (Å²) in [5.41, 5.74) is 0.280. The first-order chi connectivity index (χ1) is 16.8. The van der Waals surface area contributed by atoms with E-state index in [9.17, 15) is 18.3 Å². The normalized spacial score (nSPS) is 20.6. The second kappa shape index (κ2) is 11.1. The molecule has 1 N–H and O–H groups in total. The number of piperidine rings is 1. The Hall–Kier alpha value is -2.46. The van der Waals surface area contributed by atoms with Crippen molar-refractivity contribution < 1.29 is 27.8 Å². The number of sulfonamides is 1. The van der Waals surface area contributed by atoms with Crippen LogP contribution in [0, 0.1) is 0 Å². The maximum Gasteiger partial charge on any atom is 0.248 e. The van der Waals surface area contributed by atoms with Crippen molar-refractivity contribution >= 4 is 15.9 Å². The van der Waals surface area contributed by atoms with Gasteiger partial charge in [0.2, 0.25) is 15.9 Å². The zero-order valence-corrected chi connectivity index (χ0v) is 21.0. The van der Waals surface area contributed by atoms with Crippen molar-refractivity contribution in [2.24, 2.45) is 0 Å². The van der Waals surface area contributed by atoms with Crippen LogP contribution in [0.1, 0.15) is 31.2 Å². The van der Waals surface area contributed by atoms with E-state index in [1.165, 1.54) is 11.4 Å². The molecule has 1 amide bonds. The van der Waals surface area contributed by atoms with Gasteiger partial charge in [-0.3, -0.25) is 4.79 Å². The minimum atomic E-state index is -3.65. The zero-order valence-electron chi connectivity index (χ0n) is 20.1. The number of carbonyl (C=O) groups excluding carboxylic acids is 1. The standard InChI is InChI=1S/C26H34N2O6S/c1-33-23-9-11-24(12-10-23)35(31,32)28-15-5-8-22(28)19-34-20-25(29)27-16-13-26(30,14-17-27)18-21-6-3-2-4-7-21/h2-4,6-7,9-12,22,30H,5,8,13-20H2,1H3. The van der Waals surface area contributed by atoms with E-state index < -0.39 is 15.6 Å². The summed E-state index contributed by atoms with van der Waals surface area (Å²) in [4.78, 5) is 14.6. The lowest BCUT2D eigenvalue weighted by molar-refractivity contribution is -0.140. The van der Waals surface area contributed by atoms with E-state index in [1.807, 2.05) is 30.3 Å². The van der Waals surface area contributed by atoms with E-state index in [0.29, 0.717) is 51.1 Å².